The quantitative estimate of drug-likeness (QED) is 0.572. The van der Waals surface area contributed by atoms with Crippen molar-refractivity contribution in [2.45, 2.75) is 25.8 Å². The average Bonchev–Trinajstić information content (AvgIpc) is 2.74. The smallest absolute Gasteiger partial charge is 0.117 e. The molecule has 1 aromatic rings. The maximum Gasteiger partial charge on any atom is 0.117 e. The maximum atomic E-state index is 5.73. The highest BCUT2D eigenvalue weighted by Gasteiger charge is 2.36. The first-order valence-corrected chi connectivity index (χ1v) is 5.21. The molecule has 0 saturated heterocycles. The molecule has 14 heavy (non-hydrogen) atoms. The van der Waals surface area contributed by atoms with Crippen molar-refractivity contribution in [3.05, 3.63) is 36.3 Å². The Morgan fingerprint density at radius 1 is 1.64 bits per heavy atom. The molecule has 0 aromatic carbocycles. The molecule has 1 heterocycles. The predicted octanol–water partition coefficient (Wildman–Crippen LogP) is 2.68. The zero-order chi connectivity index (χ0) is 9.97. The van der Waals surface area contributed by atoms with Crippen molar-refractivity contribution in [1.29, 1.82) is 0 Å². The van der Waals surface area contributed by atoms with Gasteiger partial charge >= 0.3 is 0 Å². The molecule has 1 aliphatic rings. The Bertz CT molecular complexity index is 316. The number of rotatable bonds is 5. The van der Waals surface area contributed by atoms with E-state index in [4.69, 9.17) is 4.42 Å². The van der Waals surface area contributed by atoms with Crippen LogP contribution in [0.4, 0.5) is 0 Å². The summed E-state index contributed by atoms with van der Waals surface area (Å²) in [6, 6.07) is 4.18. The van der Waals surface area contributed by atoms with Gasteiger partial charge in [0.05, 0.1) is 6.54 Å². The number of furan rings is 1. The molecule has 0 spiro atoms. The van der Waals surface area contributed by atoms with Crippen LogP contribution < -0.4 is 5.32 Å². The first-order valence-electron chi connectivity index (χ1n) is 5.21. The summed E-state index contributed by atoms with van der Waals surface area (Å²) in [4.78, 5) is 0. The van der Waals surface area contributed by atoms with Crippen molar-refractivity contribution in [1.82, 2.24) is 5.32 Å². The third-order valence-corrected chi connectivity index (χ3v) is 2.75. The van der Waals surface area contributed by atoms with Gasteiger partial charge in [0.15, 0.2) is 0 Å². The summed E-state index contributed by atoms with van der Waals surface area (Å²) in [7, 11) is 0. The minimum absolute atomic E-state index is 0.683. The van der Waals surface area contributed by atoms with Gasteiger partial charge in [0.2, 0.25) is 0 Å². The summed E-state index contributed by atoms with van der Waals surface area (Å²) in [6.07, 6.45) is 3.14. The van der Waals surface area contributed by atoms with Gasteiger partial charge in [-0.1, -0.05) is 13.0 Å². The highest BCUT2D eigenvalue weighted by Crippen LogP contribution is 2.47. The molecular weight excluding hydrogens is 174 g/mol. The molecular formula is C12H17NO. The third-order valence-electron chi connectivity index (χ3n) is 2.75. The Morgan fingerprint density at radius 2 is 2.43 bits per heavy atom. The number of nitrogens with one attached hydrogen (secondary N) is 1. The van der Waals surface area contributed by atoms with Crippen molar-refractivity contribution in [3.63, 3.8) is 0 Å². The van der Waals surface area contributed by atoms with Gasteiger partial charge in [-0.2, -0.15) is 0 Å². The van der Waals surface area contributed by atoms with Gasteiger partial charge in [0.1, 0.15) is 11.5 Å². The highest BCUT2D eigenvalue weighted by atomic mass is 16.3. The zero-order valence-electron chi connectivity index (χ0n) is 8.62. The fourth-order valence-electron chi connectivity index (χ4n) is 1.70. The molecule has 2 atom stereocenters. The Hall–Kier alpha value is -1.02. The van der Waals surface area contributed by atoms with Crippen molar-refractivity contribution in [3.8, 4) is 0 Å². The molecule has 1 N–H and O–H groups in total. The molecule has 0 amide bonds. The normalized spacial score (nSPS) is 24.9. The van der Waals surface area contributed by atoms with Crippen LogP contribution >= 0.6 is 0 Å². The van der Waals surface area contributed by atoms with E-state index in [1.807, 2.05) is 6.08 Å². The fraction of sp³-hybridized carbons (Fsp3) is 0.500. The second-order valence-corrected chi connectivity index (χ2v) is 4.04. The molecule has 0 radical (unpaired) electrons. The van der Waals surface area contributed by atoms with Crippen LogP contribution in [-0.4, -0.2) is 6.54 Å². The molecule has 1 aliphatic carbocycles. The lowest BCUT2D eigenvalue weighted by Gasteiger charge is -1.97. The average molecular weight is 191 g/mol. The van der Waals surface area contributed by atoms with E-state index in [1.54, 1.807) is 0 Å². The van der Waals surface area contributed by atoms with Gasteiger partial charge < -0.3 is 9.73 Å². The van der Waals surface area contributed by atoms with Gasteiger partial charge in [-0.25, -0.2) is 0 Å². The molecule has 0 aliphatic heterocycles. The summed E-state index contributed by atoms with van der Waals surface area (Å²) >= 11 is 0. The summed E-state index contributed by atoms with van der Waals surface area (Å²) in [5, 5.41) is 3.22. The molecule has 76 valence electrons. The van der Waals surface area contributed by atoms with Gasteiger partial charge in [0.25, 0.3) is 0 Å². The van der Waals surface area contributed by atoms with Crippen LogP contribution in [0.5, 0.6) is 0 Å². The van der Waals surface area contributed by atoms with E-state index in [0.29, 0.717) is 5.92 Å². The van der Waals surface area contributed by atoms with Crippen LogP contribution in [0.25, 0.3) is 0 Å². The molecule has 2 rings (SSSR count). The van der Waals surface area contributed by atoms with Crippen LogP contribution in [0.3, 0.4) is 0 Å². The molecule has 1 fully saturated rings. The first-order chi connectivity index (χ1) is 6.81. The Morgan fingerprint density at radius 3 is 3.07 bits per heavy atom. The van der Waals surface area contributed by atoms with Crippen molar-refractivity contribution < 1.29 is 4.42 Å². The topological polar surface area (TPSA) is 25.2 Å². The second-order valence-electron chi connectivity index (χ2n) is 4.04. The van der Waals surface area contributed by atoms with Crippen LogP contribution in [0.1, 0.15) is 30.8 Å². The van der Waals surface area contributed by atoms with E-state index >= 15 is 0 Å². The van der Waals surface area contributed by atoms with E-state index in [9.17, 15) is 0 Å². The van der Waals surface area contributed by atoms with Crippen molar-refractivity contribution in [2.75, 3.05) is 6.54 Å². The third kappa shape index (κ3) is 2.07. The lowest BCUT2D eigenvalue weighted by atomic mass is 10.3. The summed E-state index contributed by atoms with van der Waals surface area (Å²) < 4.78 is 5.73. The molecule has 1 saturated carbocycles. The van der Waals surface area contributed by atoms with Crippen LogP contribution in [0.2, 0.25) is 0 Å². The second kappa shape index (κ2) is 4.01. The SMILES string of the molecule is C=CCNCc1ccc(C2CC2C)o1. The highest BCUT2D eigenvalue weighted by molar-refractivity contribution is 5.17. The minimum atomic E-state index is 0.683. The van der Waals surface area contributed by atoms with E-state index in [-0.39, 0.29) is 0 Å². The van der Waals surface area contributed by atoms with Gasteiger partial charge in [0, 0.05) is 12.5 Å². The lowest BCUT2D eigenvalue weighted by molar-refractivity contribution is 0.449. The molecule has 1 aromatic heterocycles. The van der Waals surface area contributed by atoms with Crippen LogP contribution in [-0.2, 0) is 6.54 Å². The summed E-state index contributed by atoms with van der Waals surface area (Å²) in [5.41, 5.74) is 0. The van der Waals surface area contributed by atoms with E-state index in [2.05, 4.69) is 31.0 Å². The largest absolute Gasteiger partial charge is 0.464 e. The predicted molar refractivity (Wildman–Crippen MR) is 57.1 cm³/mol. The van der Waals surface area contributed by atoms with E-state index < -0.39 is 0 Å². The fourth-order valence-corrected chi connectivity index (χ4v) is 1.70. The monoisotopic (exact) mass is 191 g/mol. The van der Waals surface area contributed by atoms with E-state index in [0.717, 1.165) is 30.5 Å². The van der Waals surface area contributed by atoms with Gasteiger partial charge in [-0.3, -0.25) is 0 Å². The molecule has 2 unspecified atom stereocenters. The standard InChI is InChI=1S/C12H17NO/c1-3-6-13-8-10-4-5-12(14-10)11-7-9(11)2/h3-5,9,11,13H,1,6-8H2,2H3. The van der Waals surface area contributed by atoms with Gasteiger partial charge in [-0.15, -0.1) is 6.58 Å². The number of hydrogen-bond donors (Lipinski definition) is 1. The number of hydrogen-bond acceptors (Lipinski definition) is 2. The molecule has 2 heteroatoms. The van der Waals surface area contributed by atoms with Crippen LogP contribution in [0.15, 0.2) is 29.2 Å². The van der Waals surface area contributed by atoms with Crippen molar-refractivity contribution in [2.24, 2.45) is 5.92 Å². The first kappa shape index (κ1) is 9.53. The van der Waals surface area contributed by atoms with Gasteiger partial charge in [-0.05, 0) is 24.5 Å². The Labute approximate surface area is 85.0 Å². The summed E-state index contributed by atoms with van der Waals surface area (Å²) in [5.74, 6) is 3.69. The van der Waals surface area contributed by atoms with E-state index in [1.165, 1.54) is 6.42 Å². The lowest BCUT2D eigenvalue weighted by Crippen LogP contribution is -2.11. The zero-order valence-corrected chi connectivity index (χ0v) is 8.62. The maximum absolute atomic E-state index is 5.73. The molecule has 2 nitrogen and oxygen atoms in total. The summed E-state index contributed by atoms with van der Waals surface area (Å²) in [6.45, 7) is 7.55. The Balaban J connectivity index is 1.86. The minimum Gasteiger partial charge on any atom is -0.464 e. The van der Waals surface area contributed by atoms with Crippen LogP contribution in [0, 0.1) is 5.92 Å². The molecule has 0 bridgehead atoms. The Kier molecular flexibility index (Phi) is 2.73. The van der Waals surface area contributed by atoms with Crippen molar-refractivity contribution >= 4 is 0 Å².